The van der Waals surface area contributed by atoms with Crippen molar-refractivity contribution < 1.29 is 28.5 Å². The Kier molecular flexibility index (Phi) is 8.39. The van der Waals surface area contributed by atoms with Crippen molar-refractivity contribution in [1.82, 2.24) is 0 Å². The van der Waals surface area contributed by atoms with Crippen LogP contribution in [0.2, 0.25) is 0 Å². The monoisotopic (exact) mass is 336 g/mol. The van der Waals surface area contributed by atoms with E-state index in [-0.39, 0.29) is 18.8 Å². The van der Waals surface area contributed by atoms with Crippen LogP contribution in [0.25, 0.3) is 0 Å². The first-order chi connectivity index (χ1) is 11.6. The lowest BCUT2D eigenvalue weighted by Crippen LogP contribution is -2.18. The average molecular weight is 336 g/mol. The maximum Gasteiger partial charge on any atom is 0.345 e. The van der Waals surface area contributed by atoms with E-state index in [4.69, 9.17) is 18.9 Å². The molecule has 0 saturated heterocycles. The van der Waals surface area contributed by atoms with Gasteiger partial charge in [0, 0.05) is 0 Å². The Bertz CT molecular complexity index is 571. The van der Waals surface area contributed by atoms with Gasteiger partial charge in [-0.3, -0.25) is 0 Å². The third kappa shape index (κ3) is 5.61. The van der Waals surface area contributed by atoms with E-state index in [0.717, 1.165) is 5.56 Å². The van der Waals surface area contributed by atoms with E-state index < -0.39 is 11.9 Å². The van der Waals surface area contributed by atoms with E-state index >= 15 is 0 Å². The molecule has 0 heterocycles. The molecule has 0 spiro atoms. The maximum atomic E-state index is 11.9. The zero-order valence-electron chi connectivity index (χ0n) is 14.6. The molecular weight excluding hydrogens is 312 g/mol. The summed E-state index contributed by atoms with van der Waals surface area (Å²) < 4.78 is 20.2. The Morgan fingerprint density at radius 1 is 0.958 bits per heavy atom. The Morgan fingerprint density at radius 3 is 2.04 bits per heavy atom. The van der Waals surface area contributed by atoms with Crippen LogP contribution in [0.3, 0.4) is 0 Å². The van der Waals surface area contributed by atoms with Gasteiger partial charge in [-0.1, -0.05) is 12.1 Å². The van der Waals surface area contributed by atoms with Gasteiger partial charge >= 0.3 is 11.9 Å². The van der Waals surface area contributed by atoms with Gasteiger partial charge in [0.2, 0.25) is 0 Å². The predicted molar refractivity (Wildman–Crippen MR) is 89.2 cm³/mol. The molecule has 0 aliphatic carbocycles. The number of benzene rings is 1. The second kappa shape index (κ2) is 10.3. The van der Waals surface area contributed by atoms with Gasteiger partial charge in [0.15, 0.2) is 11.5 Å². The number of ether oxygens (including phenoxy) is 4. The van der Waals surface area contributed by atoms with Crippen molar-refractivity contribution in [3.05, 3.63) is 35.4 Å². The normalized spacial score (nSPS) is 9.83. The summed E-state index contributed by atoms with van der Waals surface area (Å²) in [5.41, 5.74) is 0.926. The van der Waals surface area contributed by atoms with Crippen molar-refractivity contribution in [2.24, 2.45) is 0 Å². The second-order valence-electron chi connectivity index (χ2n) is 4.79. The lowest BCUT2D eigenvalue weighted by Gasteiger charge is -2.09. The fourth-order valence-electron chi connectivity index (χ4n) is 2.09. The molecule has 0 bridgehead atoms. The first kappa shape index (κ1) is 19.5. The summed E-state index contributed by atoms with van der Waals surface area (Å²) in [7, 11) is 3.15. The predicted octanol–water partition coefficient (Wildman–Crippen LogP) is 2.69. The molecule has 132 valence electrons. The van der Waals surface area contributed by atoms with E-state index in [2.05, 4.69) is 0 Å². The van der Waals surface area contributed by atoms with Gasteiger partial charge in [0.05, 0.1) is 27.4 Å². The number of aryl methyl sites for hydroxylation is 1. The highest BCUT2D eigenvalue weighted by Gasteiger charge is 2.20. The number of allylic oxidation sites excluding steroid dienone is 1. The first-order valence-electron chi connectivity index (χ1n) is 7.82. The van der Waals surface area contributed by atoms with Crippen molar-refractivity contribution in [3.8, 4) is 11.5 Å². The molecular formula is C18H24O6. The van der Waals surface area contributed by atoms with Crippen LogP contribution in [0.4, 0.5) is 0 Å². The van der Waals surface area contributed by atoms with Crippen molar-refractivity contribution in [1.29, 1.82) is 0 Å². The molecule has 0 amide bonds. The maximum absolute atomic E-state index is 11.9. The minimum atomic E-state index is -0.664. The summed E-state index contributed by atoms with van der Waals surface area (Å²) in [4.78, 5) is 23.7. The van der Waals surface area contributed by atoms with E-state index in [1.165, 1.54) is 0 Å². The highest BCUT2D eigenvalue weighted by Crippen LogP contribution is 2.28. The molecule has 0 aliphatic heterocycles. The minimum absolute atomic E-state index is 0.0702. The number of carbonyl (C=O) groups is 2. The summed E-state index contributed by atoms with van der Waals surface area (Å²) in [6.07, 6.45) is 2.66. The summed E-state index contributed by atoms with van der Waals surface area (Å²) >= 11 is 0. The smallest absolute Gasteiger partial charge is 0.345 e. The molecule has 1 aromatic carbocycles. The van der Waals surface area contributed by atoms with Crippen LogP contribution >= 0.6 is 0 Å². The third-order valence-electron chi connectivity index (χ3n) is 3.22. The number of methoxy groups -OCH3 is 2. The Hall–Kier alpha value is -2.50. The summed E-state index contributed by atoms with van der Waals surface area (Å²) in [5.74, 6) is -0.0444. The van der Waals surface area contributed by atoms with E-state index in [1.54, 1.807) is 34.1 Å². The molecule has 6 heteroatoms. The molecule has 0 unspecified atom stereocenters. The lowest BCUT2D eigenvalue weighted by molar-refractivity contribution is -0.146. The largest absolute Gasteiger partial charge is 0.493 e. The van der Waals surface area contributed by atoms with E-state index in [0.29, 0.717) is 24.3 Å². The summed E-state index contributed by atoms with van der Waals surface area (Å²) in [5, 5.41) is 0. The van der Waals surface area contributed by atoms with Gasteiger partial charge < -0.3 is 18.9 Å². The molecule has 1 rings (SSSR count). The van der Waals surface area contributed by atoms with Crippen LogP contribution in [-0.4, -0.2) is 39.4 Å². The lowest BCUT2D eigenvalue weighted by atomic mass is 10.1. The SMILES string of the molecule is CCOC(=O)C(=CCCc1ccc(OC)c(OC)c1)C(=O)OCC. The van der Waals surface area contributed by atoms with Crippen LogP contribution in [0, 0.1) is 0 Å². The van der Waals surface area contributed by atoms with Gasteiger partial charge in [0.25, 0.3) is 0 Å². The van der Waals surface area contributed by atoms with Crippen LogP contribution in [0.5, 0.6) is 11.5 Å². The Balaban J connectivity index is 2.83. The molecule has 0 aromatic heterocycles. The van der Waals surface area contributed by atoms with Gasteiger partial charge in [-0.05, 0) is 44.4 Å². The standard InChI is InChI=1S/C18H24O6/c1-5-23-17(19)14(18(20)24-6-2)9-7-8-13-10-11-15(21-3)16(12-13)22-4/h9-12H,5-8H2,1-4H3. The molecule has 0 atom stereocenters. The quantitative estimate of drug-likeness (QED) is 0.299. The zero-order chi connectivity index (χ0) is 17.9. The molecule has 6 nitrogen and oxygen atoms in total. The number of hydrogen-bond donors (Lipinski definition) is 0. The topological polar surface area (TPSA) is 71.1 Å². The zero-order valence-corrected chi connectivity index (χ0v) is 14.6. The van der Waals surface area contributed by atoms with Crippen LogP contribution in [-0.2, 0) is 25.5 Å². The minimum Gasteiger partial charge on any atom is -0.493 e. The van der Waals surface area contributed by atoms with Gasteiger partial charge in [-0.25, -0.2) is 9.59 Å². The Labute approximate surface area is 142 Å². The van der Waals surface area contributed by atoms with Crippen molar-refractivity contribution >= 4 is 11.9 Å². The van der Waals surface area contributed by atoms with Crippen LogP contribution in [0.15, 0.2) is 29.8 Å². The number of carbonyl (C=O) groups excluding carboxylic acids is 2. The molecule has 1 aromatic rings. The third-order valence-corrected chi connectivity index (χ3v) is 3.22. The van der Waals surface area contributed by atoms with Crippen LogP contribution < -0.4 is 9.47 Å². The molecule has 24 heavy (non-hydrogen) atoms. The summed E-state index contributed by atoms with van der Waals surface area (Å²) in [6, 6.07) is 5.58. The fourth-order valence-corrected chi connectivity index (χ4v) is 2.09. The van der Waals surface area contributed by atoms with Gasteiger partial charge in [0.1, 0.15) is 5.57 Å². The fraction of sp³-hybridized carbons (Fsp3) is 0.444. The number of hydrogen-bond acceptors (Lipinski definition) is 6. The van der Waals surface area contributed by atoms with E-state index in [1.807, 2.05) is 18.2 Å². The molecule has 0 saturated carbocycles. The van der Waals surface area contributed by atoms with Crippen molar-refractivity contribution in [2.75, 3.05) is 27.4 Å². The van der Waals surface area contributed by atoms with Crippen LogP contribution in [0.1, 0.15) is 25.8 Å². The second-order valence-corrected chi connectivity index (χ2v) is 4.79. The number of esters is 2. The molecule has 0 fully saturated rings. The molecule has 0 N–H and O–H groups in total. The highest BCUT2D eigenvalue weighted by molar-refractivity contribution is 6.14. The van der Waals surface area contributed by atoms with Gasteiger partial charge in [-0.2, -0.15) is 0 Å². The molecule has 0 aliphatic rings. The van der Waals surface area contributed by atoms with Gasteiger partial charge in [-0.15, -0.1) is 0 Å². The van der Waals surface area contributed by atoms with E-state index in [9.17, 15) is 9.59 Å². The summed E-state index contributed by atoms with van der Waals surface area (Å²) in [6.45, 7) is 3.77. The number of rotatable bonds is 9. The highest BCUT2D eigenvalue weighted by atomic mass is 16.6. The van der Waals surface area contributed by atoms with Crippen molar-refractivity contribution in [3.63, 3.8) is 0 Å². The Morgan fingerprint density at radius 2 is 1.54 bits per heavy atom. The van der Waals surface area contributed by atoms with Crippen molar-refractivity contribution in [2.45, 2.75) is 26.7 Å². The molecule has 0 radical (unpaired) electrons. The first-order valence-corrected chi connectivity index (χ1v) is 7.82. The average Bonchev–Trinajstić information content (AvgIpc) is 2.58.